The minimum Gasteiger partial charge on any atom is -0.308 e. The van der Waals surface area contributed by atoms with E-state index in [-0.39, 0.29) is 0 Å². The lowest BCUT2D eigenvalue weighted by atomic mass is 10.2. The standard InChI is InChI=1S/C14H25ClN4/c1-11(2)9-19(7-6-18(4)5)10-14-16-12(3)8-13(15)17-14/h8,11H,6-7,9-10H2,1-5H3. The molecule has 0 aliphatic carbocycles. The molecule has 0 radical (unpaired) electrons. The van der Waals surface area contributed by atoms with E-state index in [4.69, 9.17) is 11.6 Å². The Bertz CT molecular complexity index is 373. The Morgan fingerprint density at radius 1 is 1.21 bits per heavy atom. The zero-order valence-corrected chi connectivity index (χ0v) is 13.4. The number of hydrogen-bond donors (Lipinski definition) is 0. The average Bonchev–Trinajstić information content (AvgIpc) is 2.23. The van der Waals surface area contributed by atoms with Crippen LogP contribution in [0.25, 0.3) is 0 Å². The molecule has 0 spiro atoms. The van der Waals surface area contributed by atoms with Crippen molar-refractivity contribution in [3.05, 3.63) is 22.7 Å². The van der Waals surface area contributed by atoms with Gasteiger partial charge < -0.3 is 4.90 Å². The van der Waals surface area contributed by atoms with Crippen LogP contribution in [-0.2, 0) is 6.54 Å². The maximum atomic E-state index is 5.99. The molecule has 0 saturated carbocycles. The molecule has 0 unspecified atom stereocenters. The lowest BCUT2D eigenvalue weighted by Crippen LogP contribution is -2.34. The first-order valence-electron chi connectivity index (χ1n) is 6.74. The lowest BCUT2D eigenvalue weighted by Gasteiger charge is -2.25. The average molecular weight is 285 g/mol. The van der Waals surface area contributed by atoms with Gasteiger partial charge in [0.15, 0.2) is 0 Å². The fourth-order valence-electron chi connectivity index (χ4n) is 1.95. The molecule has 0 bridgehead atoms. The second-order valence-electron chi connectivity index (χ2n) is 5.68. The first-order valence-corrected chi connectivity index (χ1v) is 7.11. The van der Waals surface area contributed by atoms with Gasteiger partial charge in [-0.1, -0.05) is 25.4 Å². The maximum absolute atomic E-state index is 5.99. The van der Waals surface area contributed by atoms with Crippen LogP contribution >= 0.6 is 11.6 Å². The molecule has 0 amide bonds. The summed E-state index contributed by atoms with van der Waals surface area (Å²) in [5.41, 5.74) is 0.923. The monoisotopic (exact) mass is 284 g/mol. The largest absolute Gasteiger partial charge is 0.308 e. The highest BCUT2D eigenvalue weighted by atomic mass is 35.5. The Balaban J connectivity index is 2.69. The van der Waals surface area contributed by atoms with Crippen molar-refractivity contribution in [3.8, 4) is 0 Å². The molecule has 1 rings (SSSR count). The molecule has 0 fully saturated rings. The van der Waals surface area contributed by atoms with E-state index >= 15 is 0 Å². The van der Waals surface area contributed by atoms with Crippen molar-refractivity contribution in [2.24, 2.45) is 5.92 Å². The SMILES string of the molecule is Cc1cc(Cl)nc(CN(CCN(C)C)CC(C)C)n1. The van der Waals surface area contributed by atoms with Crippen molar-refractivity contribution >= 4 is 11.6 Å². The van der Waals surface area contributed by atoms with Gasteiger partial charge in [0.2, 0.25) is 0 Å². The molecule has 19 heavy (non-hydrogen) atoms. The second-order valence-corrected chi connectivity index (χ2v) is 6.07. The van der Waals surface area contributed by atoms with Gasteiger partial charge in [-0.25, -0.2) is 9.97 Å². The summed E-state index contributed by atoms with van der Waals surface area (Å²) < 4.78 is 0. The highest BCUT2D eigenvalue weighted by Gasteiger charge is 2.11. The summed E-state index contributed by atoms with van der Waals surface area (Å²) in [5.74, 6) is 1.44. The number of likely N-dealkylation sites (N-methyl/N-ethyl adjacent to an activating group) is 1. The molecule has 1 aromatic rings. The molecular weight excluding hydrogens is 260 g/mol. The Hall–Kier alpha value is -0.710. The highest BCUT2D eigenvalue weighted by Crippen LogP contribution is 2.09. The first-order chi connectivity index (χ1) is 8.86. The van der Waals surface area contributed by atoms with Crippen molar-refractivity contribution in [2.45, 2.75) is 27.3 Å². The van der Waals surface area contributed by atoms with Crippen LogP contribution in [0.1, 0.15) is 25.4 Å². The van der Waals surface area contributed by atoms with Gasteiger partial charge >= 0.3 is 0 Å². The molecular formula is C14H25ClN4. The van der Waals surface area contributed by atoms with Gasteiger partial charge in [0.25, 0.3) is 0 Å². The van der Waals surface area contributed by atoms with E-state index in [0.29, 0.717) is 11.1 Å². The zero-order chi connectivity index (χ0) is 14.4. The molecule has 0 aliphatic heterocycles. The summed E-state index contributed by atoms with van der Waals surface area (Å²) in [6.07, 6.45) is 0. The normalized spacial score (nSPS) is 11.8. The molecule has 5 heteroatoms. The molecule has 0 N–H and O–H groups in total. The number of nitrogens with zero attached hydrogens (tertiary/aromatic N) is 4. The third kappa shape index (κ3) is 6.85. The van der Waals surface area contributed by atoms with Crippen LogP contribution in [-0.4, -0.2) is 53.5 Å². The van der Waals surface area contributed by atoms with Crippen LogP contribution in [0.3, 0.4) is 0 Å². The minimum atomic E-state index is 0.527. The van der Waals surface area contributed by atoms with Crippen molar-refractivity contribution in [2.75, 3.05) is 33.7 Å². The van der Waals surface area contributed by atoms with Gasteiger partial charge in [-0.2, -0.15) is 0 Å². The smallest absolute Gasteiger partial charge is 0.144 e. The summed E-state index contributed by atoms with van der Waals surface area (Å²) in [5, 5.41) is 0.527. The van der Waals surface area contributed by atoms with Crippen LogP contribution in [0.2, 0.25) is 5.15 Å². The number of hydrogen-bond acceptors (Lipinski definition) is 4. The van der Waals surface area contributed by atoms with Gasteiger partial charge in [0.1, 0.15) is 11.0 Å². The lowest BCUT2D eigenvalue weighted by molar-refractivity contribution is 0.207. The van der Waals surface area contributed by atoms with Gasteiger partial charge in [0, 0.05) is 25.3 Å². The third-order valence-corrected chi connectivity index (χ3v) is 2.91. The fourth-order valence-corrected chi connectivity index (χ4v) is 2.21. The van der Waals surface area contributed by atoms with E-state index in [9.17, 15) is 0 Å². The van der Waals surface area contributed by atoms with Crippen molar-refractivity contribution in [1.29, 1.82) is 0 Å². The molecule has 4 nitrogen and oxygen atoms in total. The van der Waals surface area contributed by atoms with Gasteiger partial charge in [-0.05, 0) is 33.0 Å². The summed E-state index contributed by atoms with van der Waals surface area (Å²) in [6, 6.07) is 1.79. The molecule has 1 aromatic heterocycles. The zero-order valence-electron chi connectivity index (χ0n) is 12.6. The van der Waals surface area contributed by atoms with Crippen molar-refractivity contribution in [3.63, 3.8) is 0 Å². The van der Waals surface area contributed by atoms with Crippen LogP contribution in [0.5, 0.6) is 0 Å². The molecule has 108 valence electrons. The molecule has 1 heterocycles. The summed E-state index contributed by atoms with van der Waals surface area (Å²) >= 11 is 5.99. The maximum Gasteiger partial charge on any atom is 0.144 e. The van der Waals surface area contributed by atoms with E-state index in [1.165, 1.54) is 0 Å². The Labute approximate surface area is 121 Å². The van der Waals surface area contributed by atoms with E-state index in [2.05, 4.69) is 47.7 Å². The molecule has 0 saturated heterocycles. The van der Waals surface area contributed by atoms with Gasteiger partial charge in [-0.3, -0.25) is 4.90 Å². The van der Waals surface area contributed by atoms with Gasteiger partial charge in [-0.15, -0.1) is 0 Å². The summed E-state index contributed by atoms with van der Waals surface area (Å²) in [4.78, 5) is 13.3. The third-order valence-electron chi connectivity index (χ3n) is 2.72. The van der Waals surface area contributed by atoms with E-state index in [0.717, 1.165) is 37.7 Å². The number of rotatable bonds is 7. The summed E-state index contributed by atoms with van der Waals surface area (Å²) in [6.45, 7) is 10.3. The van der Waals surface area contributed by atoms with Crippen LogP contribution in [0.15, 0.2) is 6.07 Å². The highest BCUT2D eigenvalue weighted by molar-refractivity contribution is 6.29. The van der Waals surface area contributed by atoms with E-state index in [1.807, 2.05) is 6.92 Å². The summed E-state index contributed by atoms with van der Waals surface area (Å²) in [7, 11) is 4.18. The van der Waals surface area contributed by atoms with E-state index < -0.39 is 0 Å². The van der Waals surface area contributed by atoms with Crippen molar-refractivity contribution < 1.29 is 0 Å². The molecule has 0 aromatic carbocycles. The Morgan fingerprint density at radius 2 is 1.89 bits per heavy atom. The quantitative estimate of drug-likeness (QED) is 0.720. The number of aromatic nitrogens is 2. The molecule has 0 atom stereocenters. The predicted molar refractivity (Wildman–Crippen MR) is 80.4 cm³/mol. The molecule has 0 aliphatic rings. The second kappa shape index (κ2) is 7.78. The minimum absolute atomic E-state index is 0.527. The van der Waals surface area contributed by atoms with Gasteiger partial charge in [0.05, 0.1) is 6.54 Å². The van der Waals surface area contributed by atoms with Crippen LogP contribution in [0.4, 0.5) is 0 Å². The van der Waals surface area contributed by atoms with Crippen molar-refractivity contribution in [1.82, 2.24) is 19.8 Å². The number of aryl methyl sites for hydroxylation is 1. The Kier molecular flexibility index (Phi) is 6.69. The van der Waals surface area contributed by atoms with Crippen LogP contribution < -0.4 is 0 Å². The topological polar surface area (TPSA) is 32.3 Å². The Morgan fingerprint density at radius 3 is 2.42 bits per heavy atom. The first kappa shape index (κ1) is 16.3. The fraction of sp³-hybridized carbons (Fsp3) is 0.714. The van der Waals surface area contributed by atoms with Crippen LogP contribution in [0, 0.1) is 12.8 Å². The predicted octanol–water partition coefficient (Wildman–Crippen LogP) is 2.46. The van der Waals surface area contributed by atoms with E-state index in [1.54, 1.807) is 6.07 Å². The number of halogens is 1.